The third-order valence-corrected chi connectivity index (χ3v) is 4.92. The minimum absolute atomic E-state index is 0.0942. The zero-order valence-corrected chi connectivity index (χ0v) is 14.3. The lowest BCUT2D eigenvalue weighted by Crippen LogP contribution is -2.32. The molecular formula is C19H22FN3O2. The number of benzene rings is 1. The average molecular weight is 343 g/mol. The van der Waals surface area contributed by atoms with Crippen LogP contribution in [0.1, 0.15) is 53.3 Å². The lowest BCUT2D eigenvalue weighted by atomic mass is 10.1. The first-order chi connectivity index (χ1) is 12.1. The fourth-order valence-electron chi connectivity index (χ4n) is 3.38. The zero-order chi connectivity index (χ0) is 17.4. The molecule has 0 unspecified atom stereocenters. The SMILES string of the molecule is Cc1c(C(=O)NC[C@H]2CCCO2)c(C2CC2)nn1-c1ccc(F)cc1. The highest BCUT2D eigenvalue weighted by atomic mass is 19.1. The van der Waals surface area contributed by atoms with E-state index in [0.717, 1.165) is 49.4 Å². The summed E-state index contributed by atoms with van der Waals surface area (Å²) in [4.78, 5) is 12.8. The van der Waals surface area contributed by atoms with Crippen molar-refractivity contribution >= 4 is 5.91 Å². The lowest BCUT2D eigenvalue weighted by molar-refractivity contribution is 0.0856. The highest BCUT2D eigenvalue weighted by Crippen LogP contribution is 2.42. The number of hydrogen-bond acceptors (Lipinski definition) is 3. The molecule has 1 aliphatic heterocycles. The maximum atomic E-state index is 13.2. The Bertz CT molecular complexity index is 775. The van der Waals surface area contributed by atoms with Gasteiger partial charge in [0.05, 0.1) is 28.7 Å². The summed E-state index contributed by atoms with van der Waals surface area (Å²) in [6.45, 7) is 3.20. The monoisotopic (exact) mass is 343 g/mol. The second kappa shape index (κ2) is 6.59. The zero-order valence-electron chi connectivity index (χ0n) is 14.3. The average Bonchev–Trinajstić information content (AvgIpc) is 3.21. The Kier molecular flexibility index (Phi) is 4.29. The van der Waals surface area contributed by atoms with Crippen molar-refractivity contribution in [2.24, 2.45) is 0 Å². The number of amides is 1. The van der Waals surface area contributed by atoms with E-state index >= 15 is 0 Å². The Labute approximate surface area is 146 Å². The molecule has 1 aromatic carbocycles. The van der Waals surface area contributed by atoms with E-state index in [1.807, 2.05) is 6.92 Å². The summed E-state index contributed by atoms with van der Waals surface area (Å²) < 4.78 is 20.5. The van der Waals surface area contributed by atoms with Gasteiger partial charge >= 0.3 is 0 Å². The van der Waals surface area contributed by atoms with Crippen LogP contribution in [0.2, 0.25) is 0 Å². The summed E-state index contributed by atoms with van der Waals surface area (Å²) in [5.41, 5.74) is 3.06. The van der Waals surface area contributed by atoms with Crippen LogP contribution in [0.3, 0.4) is 0 Å². The number of halogens is 1. The first-order valence-electron chi connectivity index (χ1n) is 8.88. The largest absolute Gasteiger partial charge is 0.376 e. The lowest BCUT2D eigenvalue weighted by Gasteiger charge is -2.11. The van der Waals surface area contributed by atoms with Gasteiger partial charge in [0.25, 0.3) is 5.91 Å². The van der Waals surface area contributed by atoms with Crippen LogP contribution >= 0.6 is 0 Å². The van der Waals surface area contributed by atoms with E-state index in [1.165, 1.54) is 12.1 Å². The van der Waals surface area contributed by atoms with Crippen LogP contribution in [0.15, 0.2) is 24.3 Å². The van der Waals surface area contributed by atoms with Gasteiger partial charge in [0.15, 0.2) is 0 Å². The minimum Gasteiger partial charge on any atom is -0.376 e. The number of nitrogens with zero attached hydrogens (tertiary/aromatic N) is 2. The highest BCUT2D eigenvalue weighted by Gasteiger charge is 2.34. The second-order valence-electron chi connectivity index (χ2n) is 6.85. The standard InChI is InChI=1S/C19H22FN3O2/c1-12-17(19(24)21-11-16-3-2-10-25-16)18(13-4-5-13)22-23(12)15-8-6-14(20)7-9-15/h6-9,13,16H,2-5,10-11H2,1H3,(H,21,24)/t16-/m1/s1. The van der Waals surface area contributed by atoms with Crippen LogP contribution < -0.4 is 5.32 Å². The molecule has 1 aliphatic carbocycles. The predicted molar refractivity (Wildman–Crippen MR) is 91.5 cm³/mol. The normalized spacial score (nSPS) is 20.0. The van der Waals surface area contributed by atoms with Crippen molar-refractivity contribution in [1.82, 2.24) is 15.1 Å². The Balaban J connectivity index is 1.61. The molecule has 1 N–H and O–H groups in total. The number of hydrogen-bond donors (Lipinski definition) is 1. The third-order valence-electron chi connectivity index (χ3n) is 4.92. The summed E-state index contributed by atoms with van der Waals surface area (Å²) in [6.07, 6.45) is 4.28. The molecule has 2 aliphatic rings. The van der Waals surface area contributed by atoms with E-state index in [2.05, 4.69) is 10.4 Å². The molecule has 4 rings (SSSR count). The number of ether oxygens (including phenoxy) is 1. The maximum Gasteiger partial charge on any atom is 0.255 e. The molecule has 132 valence electrons. The summed E-state index contributed by atoms with van der Waals surface area (Å²) in [5, 5.41) is 7.68. The van der Waals surface area contributed by atoms with E-state index in [9.17, 15) is 9.18 Å². The first kappa shape index (κ1) is 16.3. The Hall–Kier alpha value is -2.21. The number of nitrogens with one attached hydrogen (secondary N) is 1. The van der Waals surface area contributed by atoms with Crippen molar-refractivity contribution in [3.05, 3.63) is 47.0 Å². The van der Waals surface area contributed by atoms with Crippen molar-refractivity contribution in [2.75, 3.05) is 13.2 Å². The topological polar surface area (TPSA) is 56.1 Å². The van der Waals surface area contributed by atoms with Crippen LogP contribution in [-0.2, 0) is 4.74 Å². The van der Waals surface area contributed by atoms with Crippen molar-refractivity contribution < 1.29 is 13.9 Å². The van der Waals surface area contributed by atoms with Gasteiger partial charge in [-0.25, -0.2) is 9.07 Å². The molecule has 5 nitrogen and oxygen atoms in total. The second-order valence-corrected chi connectivity index (χ2v) is 6.85. The molecule has 2 aromatic rings. The number of carbonyl (C=O) groups is 1. The van der Waals surface area contributed by atoms with Crippen molar-refractivity contribution in [3.63, 3.8) is 0 Å². The number of aromatic nitrogens is 2. The van der Waals surface area contributed by atoms with Crippen molar-refractivity contribution in [2.45, 2.75) is 44.6 Å². The molecular weight excluding hydrogens is 321 g/mol. The molecule has 1 atom stereocenters. The van der Waals surface area contributed by atoms with Gasteiger partial charge in [0.1, 0.15) is 5.82 Å². The van der Waals surface area contributed by atoms with E-state index < -0.39 is 0 Å². The molecule has 1 saturated heterocycles. The fourth-order valence-corrected chi connectivity index (χ4v) is 3.38. The summed E-state index contributed by atoms with van der Waals surface area (Å²) in [6, 6.07) is 6.18. The Morgan fingerprint density at radius 2 is 2.08 bits per heavy atom. The van der Waals surface area contributed by atoms with E-state index in [-0.39, 0.29) is 17.8 Å². The maximum absolute atomic E-state index is 13.2. The van der Waals surface area contributed by atoms with E-state index in [1.54, 1.807) is 16.8 Å². The van der Waals surface area contributed by atoms with E-state index in [0.29, 0.717) is 18.0 Å². The van der Waals surface area contributed by atoms with Gasteiger partial charge in [-0.15, -0.1) is 0 Å². The van der Waals surface area contributed by atoms with Crippen LogP contribution in [0, 0.1) is 12.7 Å². The summed E-state index contributed by atoms with van der Waals surface area (Å²) >= 11 is 0. The highest BCUT2D eigenvalue weighted by molar-refractivity contribution is 5.97. The molecule has 6 heteroatoms. The molecule has 1 saturated carbocycles. The third kappa shape index (κ3) is 3.31. The molecule has 0 radical (unpaired) electrons. The summed E-state index contributed by atoms with van der Waals surface area (Å²) in [7, 11) is 0. The van der Waals surface area contributed by atoms with Crippen LogP contribution in [0.4, 0.5) is 4.39 Å². The quantitative estimate of drug-likeness (QED) is 0.907. The molecule has 2 fully saturated rings. The first-order valence-corrected chi connectivity index (χ1v) is 8.88. The van der Waals surface area contributed by atoms with Crippen LogP contribution in [0.25, 0.3) is 5.69 Å². The van der Waals surface area contributed by atoms with Crippen LogP contribution in [-0.4, -0.2) is 34.9 Å². The van der Waals surface area contributed by atoms with Gasteiger partial charge in [0, 0.05) is 19.1 Å². The van der Waals surface area contributed by atoms with Crippen molar-refractivity contribution in [3.8, 4) is 5.69 Å². The Morgan fingerprint density at radius 1 is 1.32 bits per heavy atom. The fraction of sp³-hybridized carbons (Fsp3) is 0.474. The van der Waals surface area contributed by atoms with Gasteiger partial charge in [-0.05, 0) is 56.9 Å². The van der Waals surface area contributed by atoms with Gasteiger partial charge < -0.3 is 10.1 Å². The van der Waals surface area contributed by atoms with Gasteiger partial charge in [-0.3, -0.25) is 4.79 Å². The number of rotatable bonds is 5. The molecule has 25 heavy (non-hydrogen) atoms. The summed E-state index contributed by atoms with van der Waals surface area (Å²) in [5.74, 6) is -0.0300. The van der Waals surface area contributed by atoms with Gasteiger partial charge in [-0.1, -0.05) is 0 Å². The molecule has 2 heterocycles. The Morgan fingerprint density at radius 3 is 2.72 bits per heavy atom. The van der Waals surface area contributed by atoms with Crippen molar-refractivity contribution in [1.29, 1.82) is 0 Å². The molecule has 0 bridgehead atoms. The predicted octanol–water partition coefficient (Wildman–Crippen LogP) is 3.11. The minimum atomic E-state index is -0.287. The van der Waals surface area contributed by atoms with Gasteiger partial charge in [-0.2, -0.15) is 5.10 Å². The smallest absolute Gasteiger partial charge is 0.255 e. The molecule has 0 spiro atoms. The van der Waals surface area contributed by atoms with Gasteiger partial charge in [0.2, 0.25) is 0 Å². The van der Waals surface area contributed by atoms with E-state index in [4.69, 9.17) is 4.74 Å². The number of carbonyl (C=O) groups excluding carboxylic acids is 1. The molecule has 1 aromatic heterocycles. The molecule has 1 amide bonds. The van der Waals surface area contributed by atoms with Crippen LogP contribution in [0.5, 0.6) is 0 Å².